The first-order valence-electron chi connectivity index (χ1n) is 11.6. The smallest absolute Gasteiger partial charge is 0.137 e. The highest BCUT2D eigenvalue weighted by atomic mass is 15.0. The second-order valence-corrected chi connectivity index (χ2v) is 9.15. The molecule has 0 bridgehead atoms. The van der Waals surface area contributed by atoms with Gasteiger partial charge >= 0.3 is 0 Å². The van der Waals surface area contributed by atoms with Crippen molar-refractivity contribution >= 4 is 11.3 Å². The summed E-state index contributed by atoms with van der Waals surface area (Å²) in [6.07, 6.45) is 8.48. The quantitative estimate of drug-likeness (QED) is 0.290. The van der Waals surface area contributed by atoms with Crippen molar-refractivity contribution in [3.63, 3.8) is 0 Å². The molecule has 0 aliphatic heterocycles. The van der Waals surface area contributed by atoms with Crippen molar-refractivity contribution in [2.45, 2.75) is 27.7 Å². The monoisotopic (exact) mass is 442 g/mol. The van der Waals surface area contributed by atoms with Crippen LogP contribution in [0.25, 0.3) is 44.9 Å². The maximum atomic E-state index is 4.89. The van der Waals surface area contributed by atoms with E-state index in [0.717, 1.165) is 33.8 Å². The van der Waals surface area contributed by atoms with Crippen LogP contribution in [-0.4, -0.2) is 18.8 Å². The molecule has 4 heteroatoms. The van der Waals surface area contributed by atoms with E-state index in [1.807, 2.05) is 0 Å². The van der Waals surface area contributed by atoms with E-state index in [-0.39, 0.29) is 0 Å². The van der Waals surface area contributed by atoms with Gasteiger partial charge in [0.1, 0.15) is 11.3 Å². The molecule has 0 amide bonds. The minimum atomic E-state index is 0.964. The zero-order valence-corrected chi connectivity index (χ0v) is 19.9. The van der Waals surface area contributed by atoms with E-state index in [1.165, 1.54) is 33.4 Å². The van der Waals surface area contributed by atoms with Crippen LogP contribution in [0.1, 0.15) is 22.3 Å². The topological polar surface area (TPSA) is 34.6 Å². The molecule has 34 heavy (non-hydrogen) atoms. The molecule has 0 saturated heterocycles. The number of pyridine rings is 2. The summed E-state index contributed by atoms with van der Waals surface area (Å²) < 4.78 is 4.21. The highest BCUT2D eigenvalue weighted by Gasteiger charge is 2.15. The van der Waals surface area contributed by atoms with Gasteiger partial charge in [-0.2, -0.15) is 0 Å². The average molecular weight is 443 g/mol. The van der Waals surface area contributed by atoms with Crippen molar-refractivity contribution in [1.29, 1.82) is 0 Å². The first-order chi connectivity index (χ1) is 16.5. The molecule has 0 spiro atoms. The van der Waals surface area contributed by atoms with Crippen LogP contribution in [0.4, 0.5) is 0 Å². The molecule has 166 valence electrons. The maximum absolute atomic E-state index is 4.89. The van der Waals surface area contributed by atoms with Crippen LogP contribution in [-0.2, 0) is 0 Å². The highest BCUT2D eigenvalue weighted by Crippen LogP contribution is 2.36. The zero-order chi connectivity index (χ0) is 23.4. The summed E-state index contributed by atoms with van der Waals surface area (Å²) in [5.41, 5.74) is 13.6. The lowest BCUT2D eigenvalue weighted by atomic mass is 9.90. The Morgan fingerprint density at radius 1 is 0.471 bits per heavy atom. The van der Waals surface area contributed by atoms with Gasteiger partial charge in [-0.3, -0.25) is 0 Å². The van der Waals surface area contributed by atoms with Crippen molar-refractivity contribution in [3.8, 4) is 33.6 Å². The van der Waals surface area contributed by atoms with Gasteiger partial charge in [0.05, 0.1) is 11.4 Å². The molecule has 4 nitrogen and oxygen atoms in total. The van der Waals surface area contributed by atoms with Gasteiger partial charge in [-0.25, -0.2) is 9.97 Å². The second kappa shape index (κ2) is 7.70. The van der Waals surface area contributed by atoms with Crippen LogP contribution >= 0.6 is 0 Å². The molecule has 2 aromatic carbocycles. The molecule has 0 unspecified atom stereocenters. The van der Waals surface area contributed by atoms with Gasteiger partial charge in [0.25, 0.3) is 0 Å². The summed E-state index contributed by atoms with van der Waals surface area (Å²) in [6.45, 7) is 8.59. The zero-order valence-electron chi connectivity index (χ0n) is 19.9. The Kier molecular flexibility index (Phi) is 4.63. The normalized spacial score (nSPS) is 11.5. The minimum absolute atomic E-state index is 0.964. The summed E-state index contributed by atoms with van der Waals surface area (Å²) in [6, 6.07) is 21.4. The third-order valence-corrected chi connectivity index (χ3v) is 6.71. The molecule has 0 aliphatic carbocycles. The van der Waals surface area contributed by atoms with E-state index in [2.05, 4.69) is 122 Å². The van der Waals surface area contributed by atoms with E-state index in [0.29, 0.717) is 0 Å². The summed E-state index contributed by atoms with van der Waals surface area (Å²) >= 11 is 0. The first kappa shape index (κ1) is 20.4. The van der Waals surface area contributed by atoms with Crippen molar-refractivity contribution < 1.29 is 0 Å². The predicted molar refractivity (Wildman–Crippen MR) is 139 cm³/mol. The van der Waals surface area contributed by atoms with E-state index < -0.39 is 0 Å². The fraction of sp³-hybridized carbons (Fsp3) is 0.133. The lowest BCUT2D eigenvalue weighted by molar-refractivity contribution is 1.16. The van der Waals surface area contributed by atoms with E-state index in [9.17, 15) is 0 Å². The highest BCUT2D eigenvalue weighted by molar-refractivity contribution is 5.83. The molecule has 0 N–H and O–H groups in total. The van der Waals surface area contributed by atoms with Crippen LogP contribution in [0, 0.1) is 27.7 Å². The SMILES string of the molecule is Cc1ccc2nc(-c3cccc(-c4cccc(-c5cn6cc(C)ccc6n5)c4C)c3C)cn2c1. The lowest BCUT2D eigenvalue weighted by Gasteiger charge is -2.14. The molecule has 6 aromatic rings. The van der Waals surface area contributed by atoms with Crippen LogP contribution in [0.15, 0.2) is 85.5 Å². The van der Waals surface area contributed by atoms with Gasteiger partial charge in [0.2, 0.25) is 0 Å². The third-order valence-electron chi connectivity index (χ3n) is 6.71. The van der Waals surface area contributed by atoms with Crippen molar-refractivity contribution in [3.05, 3.63) is 108 Å². The Bertz CT molecular complexity index is 1570. The molecule has 0 radical (unpaired) electrons. The standard InChI is InChI=1S/C30H26N4/c1-19-11-13-29-31-27(17-33(29)15-19)25-9-5-7-23(21(25)3)24-8-6-10-26(22(24)4)28-18-34-16-20(2)12-14-30(34)32-28/h5-18H,1-4H3. The number of imidazole rings is 2. The Morgan fingerprint density at radius 2 is 0.882 bits per heavy atom. The Labute approximate surface area is 199 Å². The average Bonchev–Trinajstić information content (AvgIpc) is 3.43. The fourth-order valence-corrected chi connectivity index (χ4v) is 4.88. The summed E-state index contributed by atoms with van der Waals surface area (Å²) in [4.78, 5) is 9.78. The molecule has 0 aliphatic rings. The molecule has 4 heterocycles. The van der Waals surface area contributed by atoms with Crippen molar-refractivity contribution in [1.82, 2.24) is 18.8 Å². The number of hydrogen-bond acceptors (Lipinski definition) is 2. The van der Waals surface area contributed by atoms with Gasteiger partial charge in [-0.05, 0) is 73.2 Å². The number of benzene rings is 2. The van der Waals surface area contributed by atoms with E-state index >= 15 is 0 Å². The molecule has 0 atom stereocenters. The number of aromatic nitrogens is 4. The predicted octanol–water partition coefficient (Wildman–Crippen LogP) is 7.22. The third kappa shape index (κ3) is 3.30. The fourth-order valence-electron chi connectivity index (χ4n) is 4.88. The lowest BCUT2D eigenvalue weighted by Crippen LogP contribution is -1.93. The molecule has 0 fully saturated rings. The Hall–Kier alpha value is -4.18. The van der Waals surface area contributed by atoms with Gasteiger partial charge in [0, 0.05) is 35.9 Å². The second-order valence-electron chi connectivity index (χ2n) is 9.15. The summed E-state index contributed by atoms with van der Waals surface area (Å²) in [5.74, 6) is 0. The first-order valence-corrected chi connectivity index (χ1v) is 11.6. The van der Waals surface area contributed by atoms with Crippen molar-refractivity contribution in [2.75, 3.05) is 0 Å². The van der Waals surface area contributed by atoms with Crippen LogP contribution in [0.3, 0.4) is 0 Å². The number of nitrogens with zero attached hydrogens (tertiary/aromatic N) is 4. The number of fused-ring (bicyclic) bond motifs is 2. The van der Waals surface area contributed by atoms with Crippen LogP contribution in [0.5, 0.6) is 0 Å². The Morgan fingerprint density at radius 3 is 1.32 bits per heavy atom. The van der Waals surface area contributed by atoms with Crippen LogP contribution in [0.2, 0.25) is 0 Å². The molecule has 0 saturated carbocycles. The van der Waals surface area contributed by atoms with E-state index in [4.69, 9.17) is 9.97 Å². The number of aryl methyl sites for hydroxylation is 2. The largest absolute Gasteiger partial charge is 0.306 e. The maximum Gasteiger partial charge on any atom is 0.137 e. The molecular formula is C30H26N4. The van der Waals surface area contributed by atoms with Gasteiger partial charge in [0.15, 0.2) is 0 Å². The van der Waals surface area contributed by atoms with Crippen molar-refractivity contribution in [2.24, 2.45) is 0 Å². The Balaban J connectivity index is 1.47. The molecular weight excluding hydrogens is 416 g/mol. The molecule has 6 rings (SSSR count). The van der Waals surface area contributed by atoms with Gasteiger partial charge in [-0.1, -0.05) is 48.5 Å². The summed E-state index contributed by atoms with van der Waals surface area (Å²) in [7, 11) is 0. The van der Waals surface area contributed by atoms with Gasteiger partial charge < -0.3 is 8.80 Å². The van der Waals surface area contributed by atoms with E-state index in [1.54, 1.807) is 0 Å². The number of hydrogen-bond donors (Lipinski definition) is 0. The number of rotatable bonds is 3. The summed E-state index contributed by atoms with van der Waals surface area (Å²) in [5, 5.41) is 0. The van der Waals surface area contributed by atoms with Gasteiger partial charge in [-0.15, -0.1) is 0 Å². The minimum Gasteiger partial charge on any atom is -0.306 e. The molecule has 4 aromatic heterocycles. The van der Waals surface area contributed by atoms with Crippen LogP contribution < -0.4 is 0 Å².